The minimum absolute atomic E-state index is 0.663. The molecular weight excluding hydrogens is 274 g/mol. The van der Waals surface area contributed by atoms with Crippen molar-refractivity contribution in [2.75, 3.05) is 0 Å². The molecule has 90 valence electrons. The highest BCUT2D eigenvalue weighted by atomic mass is 79.9. The lowest BCUT2D eigenvalue weighted by Gasteiger charge is -2.08. The molecule has 2 aromatic rings. The summed E-state index contributed by atoms with van der Waals surface area (Å²) in [4.78, 5) is 5.05. The van der Waals surface area contributed by atoms with Crippen molar-refractivity contribution in [1.29, 1.82) is 0 Å². The van der Waals surface area contributed by atoms with Crippen LogP contribution in [0.1, 0.15) is 31.7 Å². The average molecular weight is 292 g/mol. The van der Waals surface area contributed by atoms with E-state index in [0.717, 1.165) is 11.9 Å². The van der Waals surface area contributed by atoms with E-state index in [-0.39, 0.29) is 0 Å². The van der Waals surface area contributed by atoms with Gasteiger partial charge in [-0.15, -0.1) is 0 Å². The zero-order valence-corrected chi connectivity index (χ0v) is 11.8. The SMILES string of the molecule is CCC(Br)CCCc1ccnc2ccccc12. The Bertz CT molecular complexity index is 476. The molecule has 2 rings (SSSR count). The molecular formula is C15H18BrN. The van der Waals surface area contributed by atoms with Crippen LogP contribution in [0.4, 0.5) is 0 Å². The van der Waals surface area contributed by atoms with Crippen molar-refractivity contribution in [3.05, 3.63) is 42.1 Å². The van der Waals surface area contributed by atoms with E-state index in [0.29, 0.717) is 4.83 Å². The quantitative estimate of drug-likeness (QED) is 0.726. The summed E-state index contributed by atoms with van der Waals surface area (Å²) in [5, 5.41) is 1.30. The molecule has 0 fully saturated rings. The second-order valence-electron chi connectivity index (χ2n) is 4.38. The molecule has 17 heavy (non-hydrogen) atoms. The second kappa shape index (κ2) is 6.15. The highest BCUT2D eigenvalue weighted by molar-refractivity contribution is 9.09. The lowest BCUT2D eigenvalue weighted by Crippen LogP contribution is -1.97. The first-order valence-electron chi connectivity index (χ1n) is 6.28. The predicted molar refractivity (Wildman–Crippen MR) is 77.7 cm³/mol. The van der Waals surface area contributed by atoms with Gasteiger partial charge in [-0.25, -0.2) is 0 Å². The lowest BCUT2D eigenvalue weighted by atomic mass is 10.0. The van der Waals surface area contributed by atoms with Gasteiger partial charge in [0.15, 0.2) is 0 Å². The molecule has 1 atom stereocenters. The number of aryl methyl sites for hydroxylation is 1. The maximum absolute atomic E-state index is 4.39. The molecule has 0 saturated carbocycles. The minimum Gasteiger partial charge on any atom is -0.256 e. The van der Waals surface area contributed by atoms with E-state index in [1.54, 1.807) is 0 Å². The molecule has 0 N–H and O–H groups in total. The van der Waals surface area contributed by atoms with E-state index < -0.39 is 0 Å². The third-order valence-electron chi connectivity index (χ3n) is 3.15. The van der Waals surface area contributed by atoms with Crippen molar-refractivity contribution in [3.8, 4) is 0 Å². The number of aromatic nitrogens is 1. The molecule has 1 unspecified atom stereocenters. The van der Waals surface area contributed by atoms with Crippen molar-refractivity contribution in [1.82, 2.24) is 4.98 Å². The molecule has 0 aliphatic rings. The summed E-state index contributed by atoms with van der Waals surface area (Å²) in [5.41, 5.74) is 2.53. The van der Waals surface area contributed by atoms with Crippen LogP contribution in [0.2, 0.25) is 0 Å². The second-order valence-corrected chi connectivity index (χ2v) is 5.68. The lowest BCUT2D eigenvalue weighted by molar-refractivity contribution is 0.691. The number of rotatable bonds is 5. The fourth-order valence-electron chi connectivity index (χ4n) is 2.09. The summed E-state index contributed by atoms with van der Waals surface area (Å²) in [6, 6.07) is 10.5. The first-order valence-corrected chi connectivity index (χ1v) is 7.19. The largest absolute Gasteiger partial charge is 0.256 e. The van der Waals surface area contributed by atoms with Crippen molar-refractivity contribution in [2.24, 2.45) is 0 Å². The first kappa shape index (κ1) is 12.6. The maximum atomic E-state index is 4.39. The van der Waals surface area contributed by atoms with Crippen LogP contribution in [-0.2, 0) is 6.42 Å². The number of para-hydroxylation sites is 1. The third-order valence-corrected chi connectivity index (χ3v) is 4.25. The molecule has 2 heteroatoms. The summed E-state index contributed by atoms with van der Waals surface area (Å²) >= 11 is 3.69. The van der Waals surface area contributed by atoms with E-state index in [1.165, 1.54) is 30.2 Å². The Morgan fingerprint density at radius 1 is 1.24 bits per heavy atom. The first-order chi connectivity index (χ1) is 8.31. The van der Waals surface area contributed by atoms with E-state index in [1.807, 2.05) is 12.3 Å². The summed E-state index contributed by atoms with van der Waals surface area (Å²) < 4.78 is 0. The third kappa shape index (κ3) is 3.29. The van der Waals surface area contributed by atoms with Gasteiger partial charge in [0.25, 0.3) is 0 Å². The normalized spacial score (nSPS) is 12.8. The van der Waals surface area contributed by atoms with E-state index >= 15 is 0 Å². The summed E-state index contributed by atoms with van der Waals surface area (Å²) in [6.07, 6.45) is 6.75. The molecule has 0 aliphatic heterocycles. The van der Waals surface area contributed by atoms with Gasteiger partial charge in [0.1, 0.15) is 0 Å². The van der Waals surface area contributed by atoms with Crippen molar-refractivity contribution in [3.63, 3.8) is 0 Å². The van der Waals surface area contributed by atoms with Crippen LogP contribution in [-0.4, -0.2) is 9.81 Å². The Morgan fingerprint density at radius 2 is 2.06 bits per heavy atom. The highest BCUT2D eigenvalue weighted by Gasteiger charge is 2.03. The van der Waals surface area contributed by atoms with Gasteiger partial charge in [0, 0.05) is 16.4 Å². The van der Waals surface area contributed by atoms with Gasteiger partial charge in [0.05, 0.1) is 5.52 Å². The topological polar surface area (TPSA) is 12.9 Å². The minimum atomic E-state index is 0.663. The molecule has 0 saturated heterocycles. The van der Waals surface area contributed by atoms with Crippen molar-refractivity contribution < 1.29 is 0 Å². The van der Waals surface area contributed by atoms with Gasteiger partial charge in [0.2, 0.25) is 0 Å². The highest BCUT2D eigenvalue weighted by Crippen LogP contribution is 2.20. The van der Waals surface area contributed by atoms with Gasteiger partial charge in [-0.3, -0.25) is 4.98 Å². The number of benzene rings is 1. The molecule has 0 bridgehead atoms. The van der Waals surface area contributed by atoms with E-state index in [9.17, 15) is 0 Å². The molecule has 0 radical (unpaired) electrons. The number of hydrogen-bond acceptors (Lipinski definition) is 1. The Hall–Kier alpha value is -0.890. The Labute approximate surface area is 111 Å². The number of pyridine rings is 1. The van der Waals surface area contributed by atoms with Crippen molar-refractivity contribution in [2.45, 2.75) is 37.4 Å². The number of alkyl halides is 1. The van der Waals surface area contributed by atoms with E-state index in [4.69, 9.17) is 0 Å². The van der Waals surface area contributed by atoms with Crippen LogP contribution in [0.3, 0.4) is 0 Å². The molecule has 1 aromatic heterocycles. The van der Waals surface area contributed by atoms with Gasteiger partial charge < -0.3 is 0 Å². The predicted octanol–water partition coefficient (Wildman–Crippen LogP) is 4.73. The fraction of sp³-hybridized carbons (Fsp3) is 0.400. The number of hydrogen-bond donors (Lipinski definition) is 0. The number of nitrogens with zero attached hydrogens (tertiary/aromatic N) is 1. The molecule has 0 spiro atoms. The Kier molecular flexibility index (Phi) is 4.55. The van der Waals surface area contributed by atoms with Crippen LogP contribution in [0.5, 0.6) is 0 Å². The molecule has 1 nitrogen and oxygen atoms in total. The van der Waals surface area contributed by atoms with Gasteiger partial charge in [-0.05, 0) is 43.4 Å². The van der Waals surface area contributed by atoms with Gasteiger partial charge in [-0.1, -0.05) is 41.1 Å². The van der Waals surface area contributed by atoms with Crippen molar-refractivity contribution >= 4 is 26.8 Å². The van der Waals surface area contributed by atoms with Crippen LogP contribution in [0.25, 0.3) is 10.9 Å². The zero-order valence-electron chi connectivity index (χ0n) is 10.2. The van der Waals surface area contributed by atoms with Gasteiger partial charge in [-0.2, -0.15) is 0 Å². The van der Waals surface area contributed by atoms with Crippen LogP contribution in [0.15, 0.2) is 36.5 Å². The monoisotopic (exact) mass is 291 g/mol. The molecule has 0 aliphatic carbocycles. The Balaban J connectivity index is 2.08. The standard InChI is InChI=1S/C15H18BrN/c1-2-13(16)7-5-6-12-10-11-17-15-9-4-3-8-14(12)15/h3-4,8-11,13H,2,5-7H2,1H3. The maximum Gasteiger partial charge on any atom is 0.0704 e. The van der Waals surface area contributed by atoms with E-state index in [2.05, 4.69) is 52.1 Å². The molecule has 0 amide bonds. The van der Waals surface area contributed by atoms with Crippen LogP contribution in [0, 0.1) is 0 Å². The fourth-order valence-corrected chi connectivity index (χ4v) is 2.41. The van der Waals surface area contributed by atoms with Crippen LogP contribution >= 0.6 is 15.9 Å². The van der Waals surface area contributed by atoms with Gasteiger partial charge >= 0.3 is 0 Å². The molecule has 1 heterocycles. The zero-order chi connectivity index (χ0) is 12.1. The number of fused-ring (bicyclic) bond motifs is 1. The summed E-state index contributed by atoms with van der Waals surface area (Å²) in [7, 11) is 0. The average Bonchev–Trinajstić information content (AvgIpc) is 2.39. The number of halogens is 1. The molecule has 1 aromatic carbocycles. The summed E-state index contributed by atoms with van der Waals surface area (Å²) in [6.45, 7) is 2.22. The smallest absolute Gasteiger partial charge is 0.0704 e. The summed E-state index contributed by atoms with van der Waals surface area (Å²) in [5.74, 6) is 0. The Morgan fingerprint density at radius 3 is 2.88 bits per heavy atom. The van der Waals surface area contributed by atoms with Crippen LogP contribution < -0.4 is 0 Å².